The molecule has 0 aliphatic carbocycles. The number of carbonyl (C=O) groups is 1. The van der Waals surface area contributed by atoms with Gasteiger partial charge in [0, 0.05) is 6.42 Å². The average molecular weight is 807 g/mol. The molecule has 15 heteroatoms. The molecule has 1 fully saturated rings. The van der Waals surface area contributed by atoms with E-state index in [0.29, 0.717) is 0 Å². The molecule has 2 aromatic heterocycles. The summed E-state index contributed by atoms with van der Waals surface area (Å²) in [6, 6.07) is 16.5. The molecule has 308 valence electrons. The molecule has 4 aromatic rings. The molecule has 13 nitrogen and oxygen atoms in total. The van der Waals surface area contributed by atoms with Gasteiger partial charge in [0.2, 0.25) is 0 Å². The van der Waals surface area contributed by atoms with Crippen LogP contribution in [0.4, 0.5) is 10.2 Å². The third kappa shape index (κ3) is 12.3. The second-order valence-corrected chi connectivity index (χ2v) is 16.3. The fraction of sp³-hybridized carbons (Fsp3) is 0.524. The number of terminal acetylenes is 1. The number of aromatic nitrogens is 4. The average Bonchev–Trinajstić information content (AvgIpc) is 3.78. The maximum Gasteiger partial charge on any atom is 0.459 e. The Kier molecular flexibility index (Phi) is 16.4. The van der Waals surface area contributed by atoms with Crippen molar-refractivity contribution in [1.82, 2.24) is 24.6 Å². The summed E-state index contributed by atoms with van der Waals surface area (Å²) in [5.41, 5.74) is 4.96. The number of unbranched alkanes of at least 4 members (excludes halogenated alkanes) is 8. The molecule has 1 unspecified atom stereocenters. The van der Waals surface area contributed by atoms with Gasteiger partial charge in [0.25, 0.3) is 0 Å². The van der Waals surface area contributed by atoms with Crippen LogP contribution in [0.25, 0.3) is 11.2 Å². The number of aliphatic hydroxyl groups is 1. The number of anilines is 1. The first kappa shape index (κ1) is 43.7. The minimum absolute atomic E-state index is 0.0354. The van der Waals surface area contributed by atoms with Crippen molar-refractivity contribution in [1.29, 1.82) is 0 Å². The van der Waals surface area contributed by atoms with Crippen molar-refractivity contribution in [3.63, 3.8) is 0 Å². The molecule has 0 spiro atoms. The van der Waals surface area contributed by atoms with Gasteiger partial charge in [0.15, 0.2) is 22.6 Å². The standard InChI is InChI=1S/C42H56FN6O7P/c1-4-7-9-11-17-23-32(24-18-12-10-8-5-2)54-40(51)34(27-31-21-15-13-16-22-31)48-57(52,56-33-25-19-14-20-26-33)53-29-42(6-3)35(50)28-36(55-42)49-30-45-37-38(44)46-41(43)47-39(37)49/h3,13-16,19-22,25-26,30,32,34-36,50H,4-5,7-12,17-18,23-24,27-29H2,1-2H3,(H,48,52)(H2,44,46,47)/t34-,35-,36+,42+,57?/m0/s1. The number of carbonyl (C=O) groups excluding carboxylic acids is 1. The SMILES string of the molecule is C#C[C@]1(COP(=O)(N[C@@H](Cc2ccccc2)C(=O)OC(CCCCCCC)CCCCCCC)Oc2ccccc2)O[C@@H](n2cnc3c(N)nc(F)nc32)C[C@@H]1O. The van der Waals surface area contributed by atoms with E-state index in [2.05, 4.69) is 39.8 Å². The molecule has 4 N–H and O–H groups in total. The van der Waals surface area contributed by atoms with Crippen molar-refractivity contribution in [3.8, 4) is 18.1 Å². The molecule has 0 bridgehead atoms. The Bertz CT molecular complexity index is 1930. The highest BCUT2D eigenvalue weighted by atomic mass is 31.2. The molecule has 1 aliphatic rings. The van der Waals surface area contributed by atoms with Gasteiger partial charge in [-0.05, 0) is 49.8 Å². The second kappa shape index (κ2) is 21.4. The Labute approximate surface area is 334 Å². The predicted molar refractivity (Wildman–Crippen MR) is 216 cm³/mol. The summed E-state index contributed by atoms with van der Waals surface area (Å²) >= 11 is 0. The zero-order valence-electron chi connectivity index (χ0n) is 32.9. The van der Waals surface area contributed by atoms with Gasteiger partial charge in [-0.1, -0.05) is 120 Å². The van der Waals surface area contributed by atoms with Crippen molar-refractivity contribution in [2.75, 3.05) is 12.3 Å². The topological polar surface area (TPSA) is 173 Å². The van der Waals surface area contributed by atoms with Gasteiger partial charge in [-0.2, -0.15) is 19.4 Å². The number of aliphatic hydroxyl groups excluding tert-OH is 1. The monoisotopic (exact) mass is 806 g/mol. The van der Waals surface area contributed by atoms with E-state index >= 15 is 0 Å². The van der Waals surface area contributed by atoms with Crippen LogP contribution < -0.4 is 15.3 Å². The zero-order valence-corrected chi connectivity index (χ0v) is 33.8. The van der Waals surface area contributed by atoms with Crippen LogP contribution in [0.1, 0.15) is 109 Å². The molecule has 0 amide bonds. The maximum absolute atomic E-state index is 14.9. The van der Waals surface area contributed by atoms with Crippen LogP contribution in [0.2, 0.25) is 0 Å². The molecular weight excluding hydrogens is 750 g/mol. The van der Waals surface area contributed by atoms with Crippen molar-refractivity contribution < 1.29 is 37.4 Å². The number of hydrogen-bond donors (Lipinski definition) is 3. The first-order valence-electron chi connectivity index (χ1n) is 20.1. The Morgan fingerprint density at radius 1 is 1.04 bits per heavy atom. The molecular formula is C42H56FN6O7P. The van der Waals surface area contributed by atoms with Gasteiger partial charge in [-0.25, -0.2) is 9.55 Å². The van der Waals surface area contributed by atoms with E-state index in [9.17, 15) is 18.9 Å². The van der Waals surface area contributed by atoms with Crippen molar-refractivity contribution >= 4 is 30.7 Å². The zero-order chi connectivity index (χ0) is 40.7. The second-order valence-electron chi connectivity index (χ2n) is 14.6. The minimum atomic E-state index is -4.51. The highest BCUT2D eigenvalue weighted by Crippen LogP contribution is 2.48. The van der Waals surface area contributed by atoms with E-state index in [-0.39, 0.29) is 41.7 Å². The van der Waals surface area contributed by atoms with Crippen LogP contribution in [0.5, 0.6) is 5.75 Å². The number of imidazole rings is 1. The van der Waals surface area contributed by atoms with Gasteiger partial charge >= 0.3 is 19.8 Å². The Morgan fingerprint density at radius 2 is 1.67 bits per heavy atom. The van der Waals surface area contributed by atoms with Crippen LogP contribution >= 0.6 is 7.75 Å². The lowest BCUT2D eigenvalue weighted by Crippen LogP contribution is -2.45. The van der Waals surface area contributed by atoms with E-state index in [1.54, 1.807) is 30.3 Å². The van der Waals surface area contributed by atoms with Crippen LogP contribution in [0.3, 0.4) is 0 Å². The van der Waals surface area contributed by atoms with Crippen LogP contribution in [0, 0.1) is 18.4 Å². The molecule has 5 rings (SSSR count). The minimum Gasteiger partial charge on any atom is -0.461 e. The number of nitrogens with two attached hydrogens (primary N) is 1. The largest absolute Gasteiger partial charge is 0.461 e. The lowest BCUT2D eigenvalue weighted by molar-refractivity contribution is -0.152. The summed E-state index contributed by atoms with van der Waals surface area (Å²) in [5, 5.41) is 14.2. The third-order valence-electron chi connectivity index (χ3n) is 10.1. The maximum atomic E-state index is 14.9. The van der Waals surface area contributed by atoms with E-state index < -0.39 is 50.4 Å². The fourth-order valence-electron chi connectivity index (χ4n) is 6.92. The fourth-order valence-corrected chi connectivity index (χ4v) is 8.44. The molecule has 1 aliphatic heterocycles. The number of rotatable bonds is 24. The Morgan fingerprint density at radius 3 is 2.30 bits per heavy atom. The highest BCUT2D eigenvalue weighted by Gasteiger charge is 2.50. The van der Waals surface area contributed by atoms with E-state index in [1.807, 2.05) is 30.3 Å². The van der Waals surface area contributed by atoms with Crippen LogP contribution in [-0.2, 0) is 29.8 Å². The quantitative estimate of drug-likeness (QED) is 0.0204. The molecule has 0 saturated carbocycles. The Hall–Kier alpha value is -4.38. The number of halogens is 1. The number of nitrogens with one attached hydrogen (secondary N) is 1. The summed E-state index contributed by atoms with van der Waals surface area (Å²) in [5.74, 6) is 1.92. The summed E-state index contributed by atoms with van der Waals surface area (Å²) in [4.78, 5) is 25.8. The van der Waals surface area contributed by atoms with Gasteiger partial charge in [0.1, 0.15) is 36.8 Å². The van der Waals surface area contributed by atoms with Gasteiger partial charge in [-0.15, -0.1) is 6.42 Å². The summed E-state index contributed by atoms with van der Waals surface area (Å²) in [6.45, 7) is 3.73. The van der Waals surface area contributed by atoms with Crippen molar-refractivity contribution in [2.45, 2.75) is 134 Å². The van der Waals surface area contributed by atoms with Gasteiger partial charge in [-0.3, -0.25) is 13.9 Å². The first-order chi connectivity index (χ1) is 27.6. The van der Waals surface area contributed by atoms with Crippen molar-refractivity contribution in [3.05, 3.63) is 78.6 Å². The van der Waals surface area contributed by atoms with E-state index in [0.717, 1.165) is 82.6 Å². The number of fused-ring (bicyclic) bond motifs is 1. The van der Waals surface area contributed by atoms with Crippen molar-refractivity contribution in [2.24, 2.45) is 0 Å². The molecule has 0 radical (unpaired) electrons. The lowest BCUT2D eigenvalue weighted by Gasteiger charge is -2.30. The van der Waals surface area contributed by atoms with E-state index in [4.69, 9.17) is 30.7 Å². The normalized spacial score (nSPS) is 19.6. The molecule has 3 heterocycles. The lowest BCUT2D eigenvalue weighted by atomic mass is 9.99. The number of hydrogen-bond acceptors (Lipinski definition) is 11. The van der Waals surface area contributed by atoms with E-state index in [1.165, 1.54) is 10.9 Å². The smallest absolute Gasteiger partial charge is 0.459 e. The van der Waals surface area contributed by atoms with Crippen LogP contribution in [-0.4, -0.2) is 61.1 Å². The number of ether oxygens (including phenoxy) is 2. The van der Waals surface area contributed by atoms with Gasteiger partial charge in [0.05, 0.1) is 6.33 Å². The number of esters is 1. The predicted octanol–water partition coefficient (Wildman–Crippen LogP) is 8.24. The summed E-state index contributed by atoms with van der Waals surface area (Å²) < 4.78 is 55.0. The number of benzene rings is 2. The highest BCUT2D eigenvalue weighted by molar-refractivity contribution is 7.52. The summed E-state index contributed by atoms with van der Waals surface area (Å²) in [6.07, 6.45) is 15.9. The third-order valence-corrected chi connectivity index (χ3v) is 11.7. The molecule has 5 atom stereocenters. The Balaban J connectivity index is 1.39. The first-order valence-corrected chi connectivity index (χ1v) is 21.6. The molecule has 57 heavy (non-hydrogen) atoms. The molecule has 1 saturated heterocycles. The molecule has 2 aromatic carbocycles. The number of nitrogens with zero attached hydrogens (tertiary/aromatic N) is 4. The van der Waals surface area contributed by atoms with Crippen LogP contribution in [0.15, 0.2) is 67.0 Å². The van der Waals surface area contributed by atoms with Gasteiger partial charge < -0.3 is 24.8 Å². The number of para-hydroxylation sites is 1. The summed E-state index contributed by atoms with van der Waals surface area (Å²) in [7, 11) is -4.51. The number of nitrogen functional groups attached to an aromatic ring is 1.